The molecule has 20 heavy (non-hydrogen) atoms. The number of nitrogens with one attached hydrogen (secondary N) is 2. The SMILES string of the molecule is CCC(=O)N[C@@H](CCSC)C(=O)N[C@H](C(=O)O)C(C)C. The van der Waals surface area contributed by atoms with Gasteiger partial charge in [-0.3, -0.25) is 9.59 Å². The van der Waals surface area contributed by atoms with Crippen molar-refractivity contribution in [3.8, 4) is 0 Å². The van der Waals surface area contributed by atoms with Gasteiger partial charge in [0, 0.05) is 6.42 Å². The van der Waals surface area contributed by atoms with Gasteiger partial charge in [0.25, 0.3) is 0 Å². The topological polar surface area (TPSA) is 95.5 Å². The van der Waals surface area contributed by atoms with Gasteiger partial charge in [-0.2, -0.15) is 11.8 Å². The number of rotatable bonds is 9. The lowest BCUT2D eigenvalue weighted by Crippen LogP contribution is -2.53. The van der Waals surface area contributed by atoms with Crippen LogP contribution in [0.3, 0.4) is 0 Å². The highest BCUT2D eigenvalue weighted by atomic mass is 32.2. The van der Waals surface area contributed by atoms with Crippen molar-refractivity contribution in [3.63, 3.8) is 0 Å². The van der Waals surface area contributed by atoms with Gasteiger partial charge in [-0.15, -0.1) is 0 Å². The Morgan fingerprint density at radius 1 is 1.20 bits per heavy atom. The molecule has 0 spiro atoms. The zero-order chi connectivity index (χ0) is 15.7. The molecule has 0 unspecified atom stereocenters. The summed E-state index contributed by atoms with van der Waals surface area (Å²) < 4.78 is 0. The van der Waals surface area contributed by atoms with Crippen LogP contribution in [0.4, 0.5) is 0 Å². The van der Waals surface area contributed by atoms with Gasteiger partial charge in [0.05, 0.1) is 0 Å². The molecule has 3 N–H and O–H groups in total. The second-order valence-electron chi connectivity index (χ2n) is 4.82. The molecular formula is C13H24N2O4S. The maximum absolute atomic E-state index is 12.1. The monoisotopic (exact) mass is 304 g/mol. The van der Waals surface area contributed by atoms with Gasteiger partial charge in [-0.25, -0.2) is 4.79 Å². The molecule has 0 aromatic carbocycles. The van der Waals surface area contributed by atoms with Crippen LogP contribution in [0.15, 0.2) is 0 Å². The molecule has 0 bridgehead atoms. The van der Waals surface area contributed by atoms with Crippen molar-refractivity contribution in [1.82, 2.24) is 10.6 Å². The highest BCUT2D eigenvalue weighted by Crippen LogP contribution is 2.05. The summed E-state index contributed by atoms with van der Waals surface area (Å²) >= 11 is 1.57. The molecule has 0 rings (SSSR count). The van der Waals surface area contributed by atoms with E-state index in [0.29, 0.717) is 12.2 Å². The third-order valence-corrected chi connectivity index (χ3v) is 3.46. The van der Waals surface area contributed by atoms with E-state index in [9.17, 15) is 14.4 Å². The van der Waals surface area contributed by atoms with Crippen molar-refractivity contribution in [2.45, 2.75) is 45.7 Å². The van der Waals surface area contributed by atoms with Crippen LogP contribution >= 0.6 is 11.8 Å². The van der Waals surface area contributed by atoms with E-state index < -0.39 is 24.0 Å². The predicted octanol–water partition coefficient (Wildman–Crippen LogP) is 0.860. The summed E-state index contributed by atoms with van der Waals surface area (Å²) in [6.45, 7) is 5.15. The molecule has 7 heteroatoms. The van der Waals surface area contributed by atoms with Crippen molar-refractivity contribution in [2.24, 2.45) is 5.92 Å². The van der Waals surface area contributed by atoms with E-state index in [4.69, 9.17) is 5.11 Å². The minimum Gasteiger partial charge on any atom is -0.480 e. The lowest BCUT2D eigenvalue weighted by molar-refractivity contribution is -0.143. The van der Waals surface area contributed by atoms with E-state index in [-0.39, 0.29) is 18.2 Å². The summed E-state index contributed by atoms with van der Waals surface area (Å²) in [4.78, 5) is 34.6. The average molecular weight is 304 g/mol. The standard InChI is InChI=1S/C13H24N2O4S/c1-5-10(16)14-9(6-7-20-4)12(17)15-11(8(2)3)13(18)19/h8-9,11H,5-7H2,1-4H3,(H,14,16)(H,15,17)(H,18,19)/t9-,11-/m0/s1. The fourth-order valence-corrected chi connectivity index (χ4v) is 2.04. The van der Waals surface area contributed by atoms with Crippen LogP contribution in [0, 0.1) is 5.92 Å². The van der Waals surface area contributed by atoms with Crippen molar-refractivity contribution >= 4 is 29.5 Å². The summed E-state index contributed by atoms with van der Waals surface area (Å²) in [5.74, 6) is -1.25. The molecule has 2 atom stereocenters. The minimum absolute atomic E-state index is 0.220. The smallest absolute Gasteiger partial charge is 0.326 e. The number of carboxylic acids is 1. The van der Waals surface area contributed by atoms with E-state index in [1.54, 1.807) is 32.5 Å². The Morgan fingerprint density at radius 2 is 1.80 bits per heavy atom. The van der Waals surface area contributed by atoms with E-state index in [1.807, 2.05) is 6.26 Å². The first-order valence-corrected chi connectivity index (χ1v) is 8.04. The third-order valence-electron chi connectivity index (χ3n) is 2.81. The van der Waals surface area contributed by atoms with Crippen LogP contribution in [0.5, 0.6) is 0 Å². The number of hydrogen-bond donors (Lipinski definition) is 3. The zero-order valence-corrected chi connectivity index (χ0v) is 13.3. The van der Waals surface area contributed by atoms with Gasteiger partial charge in [-0.05, 0) is 24.3 Å². The predicted molar refractivity (Wildman–Crippen MR) is 79.6 cm³/mol. The Bertz CT molecular complexity index is 347. The molecule has 0 heterocycles. The van der Waals surface area contributed by atoms with Gasteiger partial charge in [0.15, 0.2) is 0 Å². The first kappa shape index (κ1) is 18.8. The molecule has 0 aliphatic carbocycles. The Labute approximate surface area is 124 Å². The number of carbonyl (C=O) groups is 3. The van der Waals surface area contributed by atoms with Gasteiger partial charge < -0.3 is 15.7 Å². The first-order valence-electron chi connectivity index (χ1n) is 6.64. The largest absolute Gasteiger partial charge is 0.480 e. The third kappa shape index (κ3) is 6.79. The number of amides is 2. The van der Waals surface area contributed by atoms with Crippen LogP contribution in [0.1, 0.15) is 33.6 Å². The van der Waals surface area contributed by atoms with Crippen molar-refractivity contribution in [3.05, 3.63) is 0 Å². The van der Waals surface area contributed by atoms with Crippen molar-refractivity contribution in [1.29, 1.82) is 0 Å². The van der Waals surface area contributed by atoms with E-state index in [2.05, 4.69) is 10.6 Å². The molecule has 0 aliphatic rings. The normalized spacial score (nSPS) is 13.7. The van der Waals surface area contributed by atoms with Crippen molar-refractivity contribution < 1.29 is 19.5 Å². The highest BCUT2D eigenvalue weighted by Gasteiger charge is 2.27. The van der Waals surface area contributed by atoms with Gasteiger partial charge in [0.2, 0.25) is 11.8 Å². The number of carboxylic acid groups (broad SMARTS) is 1. The Morgan fingerprint density at radius 3 is 2.20 bits per heavy atom. The maximum atomic E-state index is 12.1. The van der Waals surface area contributed by atoms with E-state index in [1.165, 1.54) is 0 Å². The van der Waals surface area contributed by atoms with Crippen LogP contribution in [0.25, 0.3) is 0 Å². The Hall–Kier alpha value is -1.24. The molecule has 6 nitrogen and oxygen atoms in total. The molecule has 2 amide bonds. The second kappa shape index (κ2) is 9.63. The van der Waals surface area contributed by atoms with Gasteiger partial charge >= 0.3 is 5.97 Å². The average Bonchev–Trinajstić information content (AvgIpc) is 2.39. The molecule has 0 saturated heterocycles. The molecular weight excluding hydrogens is 280 g/mol. The van der Waals surface area contributed by atoms with Crippen LogP contribution in [-0.2, 0) is 14.4 Å². The first-order chi connectivity index (χ1) is 9.33. The maximum Gasteiger partial charge on any atom is 0.326 e. The molecule has 0 aliphatic heterocycles. The van der Waals surface area contributed by atoms with Gasteiger partial charge in [0.1, 0.15) is 12.1 Å². The molecule has 0 aromatic rings. The summed E-state index contributed by atoms with van der Waals surface area (Å²) in [6.07, 6.45) is 2.67. The molecule has 0 aromatic heterocycles. The quantitative estimate of drug-likeness (QED) is 0.587. The lowest BCUT2D eigenvalue weighted by Gasteiger charge is -2.23. The lowest BCUT2D eigenvalue weighted by atomic mass is 10.0. The zero-order valence-electron chi connectivity index (χ0n) is 12.4. The molecule has 0 fully saturated rings. The molecule has 116 valence electrons. The molecule has 0 saturated carbocycles. The Balaban J connectivity index is 4.74. The fraction of sp³-hybridized carbons (Fsp3) is 0.769. The molecule has 0 radical (unpaired) electrons. The number of hydrogen-bond acceptors (Lipinski definition) is 4. The highest BCUT2D eigenvalue weighted by molar-refractivity contribution is 7.98. The minimum atomic E-state index is -1.07. The fourth-order valence-electron chi connectivity index (χ4n) is 1.57. The van der Waals surface area contributed by atoms with E-state index in [0.717, 1.165) is 0 Å². The summed E-state index contributed by atoms with van der Waals surface area (Å²) in [5, 5.41) is 14.2. The Kier molecular flexibility index (Phi) is 9.03. The number of aliphatic carboxylic acids is 1. The summed E-state index contributed by atoms with van der Waals surface area (Å²) in [6, 6.07) is -1.63. The summed E-state index contributed by atoms with van der Waals surface area (Å²) in [5.41, 5.74) is 0. The van der Waals surface area contributed by atoms with Crippen LogP contribution in [0.2, 0.25) is 0 Å². The number of carbonyl (C=O) groups excluding carboxylic acids is 2. The van der Waals surface area contributed by atoms with Crippen molar-refractivity contribution in [2.75, 3.05) is 12.0 Å². The van der Waals surface area contributed by atoms with Crippen LogP contribution < -0.4 is 10.6 Å². The second-order valence-corrected chi connectivity index (χ2v) is 5.81. The summed E-state index contributed by atoms with van der Waals surface area (Å²) in [7, 11) is 0. The van der Waals surface area contributed by atoms with Gasteiger partial charge in [-0.1, -0.05) is 20.8 Å². The number of thioether (sulfide) groups is 1. The van der Waals surface area contributed by atoms with Crippen LogP contribution in [-0.4, -0.2) is 47.0 Å². The van der Waals surface area contributed by atoms with E-state index >= 15 is 0 Å².